The van der Waals surface area contributed by atoms with Crippen LogP contribution >= 0.6 is 11.6 Å². The molecule has 0 atom stereocenters. The van der Waals surface area contributed by atoms with Crippen molar-refractivity contribution in [1.29, 1.82) is 0 Å². The normalized spacial score (nSPS) is 14.5. The Balaban J connectivity index is 1.63. The summed E-state index contributed by atoms with van der Waals surface area (Å²) in [4.78, 5) is 27.5. The number of rotatable bonds is 7. The lowest BCUT2D eigenvalue weighted by atomic mass is 10.0. The largest absolute Gasteiger partial charge is 0.351 e. The predicted molar refractivity (Wildman–Crippen MR) is 102 cm³/mol. The Bertz CT molecular complexity index is 770. The number of carbonyl (C=O) groups excluding carboxylic acids is 2. The molecule has 1 aliphatic rings. The molecule has 0 radical (unpaired) electrons. The van der Waals surface area contributed by atoms with Crippen molar-refractivity contribution in [1.82, 2.24) is 10.2 Å². The quantitative estimate of drug-likeness (QED) is 0.754. The van der Waals surface area contributed by atoms with Crippen LogP contribution in [0.5, 0.6) is 0 Å². The summed E-state index contributed by atoms with van der Waals surface area (Å²) in [5.74, 6) is -0.249. The summed E-state index contributed by atoms with van der Waals surface area (Å²) in [6.45, 7) is 3.46. The van der Waals surface area contributed by atoms with Gasteiger partial charge in [-0.2, -0.15) is 0 Å². The highest BCUT2D eigenvalue weighted by molar-refractivity contribution is 6.30. The van der Waals surface area contributed by atoms with Crippen LogP contribution < -0.4 is 5.32 Å². The molecule has 2 aromatic carbocycles. The molecular weight excluding hydrogens is 348 g/mol. The highest BCUT2D eigenvalue weighted by Gasteiger charge is 2.57. The minimum Gasteiger partial charge on any atom is -0.351 e. The lowest BCUT2D eigenvalue weighted by Crippen LogP contribution is -2.44. The summed E-state index contributed by atoms with van der Waals surface area (Å²) < 4.78 is 0. The topological polar surface area (TPSA) is 49.4 Å². The molecule has 1 fully saturated rings. The summed E-state index contributed by atoms with van der Waals surface area (Å²) in [6.07, 6.45) is 1.23. The van der Waals surface area contributed by atoms with Gasteiger partial charge in [0, 0.05) is 24.7 Å². The first kappa shape index (κ1) is 18.5. The summed E-state index contributed by atoms with van der Waals surface area (Å²) >= 11 is 5.88. The predicted octanol–water partition coefficient (Wildman–Crippen LogP) is 3.79. The zero-order valence-corrected chi connectivity index (χ0v) is 15.6. The van der Waals surface area contributed by atoms with Gasteiger partial charge in [0.1, 0.15) is 5.41 Å². The monoisotopic (exact) mass is 370 g/mol. The van der Waals surface area contributed by atoms with E-state index in [-0.39, 0.29) is 11.8 Å². The first-order chi connectivity index (χ1) is 12.5. The van der Waals surface area contributed by atoms with E-state index in [2.05, 4.69) is 5.32 Å². The van der Waals surface area contributed by atoms with Crippen LogP contribution in [0, 0.1) is 5.41 Å². The second-order valence-corrected chi connectivity index (χ2v) is 7.13. The van der Waals surface area contributed by atoms with Crippen molar-refractivity contribution in [3.63, 3.8) is 0 Å². The van der Waals surface area contributed by atoms with Crippen molar-refractivity contribution in [2.45, 2.75) is 32.9 Å². The molecule has 4 nitrogen and oxygen atoms in total. The molecular formula is C21H23ClN2O2. The number of nitrogens with zero attached hydrogens (tertiary/aromatic N) is 1. The average molecular weight is 371 g/mol. The van der Waals surface area contributed by atoms with Gasteiger partial charge in [-0.1, -0.05) is 54.1 Å². The molecule has 2 amide bonds. The average Bonchev–Trinajstić information content (AvgIpc) is 3.48. The van der Waals surface area contributed by atoms with Crippen LogP contribution in [-0.2, 0) is 22.7 Å². The standard InChI is InChI=1S/C21H23ClN2O2/c1-2-24(15-17-6-4-3-5-7-17)20(26)21(12-13-21)19(25)23-14-16-8-10-18(22)11-9-16/h3-11H,2,12-15H2,1H3,(H,23,25). The SMILES string of the molecule is CCN(Cc1ccccc1)C(=O)C1(C(=O)NCc2ccc(Cl)cc2)CC1. The number of carbonyl (C=O) groups is 2. The molecule has 0 spiro atoms. The number of nitrogens with one attached hydrogen (secondary N) is 1. The first-order valence-corrected chi connectivity index (χ1v) is 9.29. The summed E-state index contributed by atoms with van der Waals surface area (Å²) in [6, 6.07) is 17.2. The van der Waals surface area contributed by atoms with Gasteiger partial charge in [0.05, 0.1) is 0 Å². The van der Waals surface area contributed by atoms with Crippen LogP contribution in [0.15, 0.2) is 54.6 Å². The number of hydrogen-bond donors (Lipinski definition) is 1. The third-order valence-electron chi connectivity index (χ3n) is 4.85. The van der Waals surface area contributed by atoms with Crippen LogP contribution in [0.2, 0.25) is 5.02 Å². The highest BCUT2D eigenvalue weighted by Crippen LogP contribution is 2.47. The van der Waals surface area contributed by atoms with Crippen molar-refractivity contribution in [2.75, 3.05) is 6.54 Å². The molecule has 1 aliphatic carbocycles. The Labute approximate surface area is 159 Å². The molecule has 136 valence electrons. The molecule has 0 aliphatic heterocycles. The molecule has 0 aromatic heterocycles. The fourth-order valence-electron chi connectivity index (χ4n) is 3.05. The molecule has 1 saturated carbocycles. The molecule has 1 N–H and O–H groups in total. The molecule has 26 heavy (non-hydrogen) atoms. The maximum atomic E-state index is 13.0. The Kier molecular flexibility index (Phi) is 5.62. The van der Waals surface area contributed by atoms with Gasteiger partial charge in [0.15, 0.2) is 0 Å². The van der Waals surface area contributed by atoms with Crippen LogP contribution in [0.1, 0.15) is 30.9 Å². The molecule has 0 saturated heterocycles. The Morgan fingerprint density at radius 1 is 1.04 bits per heavy atom. The van der Waals surface area contributed by atoms with E-state index in [0.717, 1.165) is 11.1 Å². The van der Waals surface area contributed by atoms with Gasteiger partial charge in [-0.15, -0.1) is 0 Å². The minimum atomic E-state index is -0.892. The molecule has 0 bridgehead atoms. The Morgan fingerprint density at radius 3 is 2.27 bits per heavy atom. The van der Waals surface area contributed by atoms with Crippen LogP contribution in [0.4, 0.5) is 0 Å². The summed E-state index contributed by atoms with van der Waals surface area (Å²) in [7, 11) is 0. The second-order valence-electron chi connectivity index (χ2n) is 6.70. The van der Waals surface area contributed by atoms with E-state index in [0.29, 0.717) is 37.5 Å². The number of amides is 2. The molecule has 2 aromatic rings. The number of hydrogen-bond acceptors (Lipinski definition) is 2. The fourth-order valence-corrected chi connectivity index (χ4v) is 3.18. The molecule has 3 rings (SSSR count). The third-order valence-corrected chi connectivity index (χ3v) is 5.10. The van der Waals surface area contributed by atoms with E-state index in [4.69, 9.17) is 11.6 Å². The van der Waals surface area contributed by atoms with Gasteiger partial charge in [-0.05, 0) is 43.0 Å². The van der Waals surface area contributed by atoms with Crippen LogP contribution in [0.3, 0.4) is 0 Å². The van der Waals surface area contributed by atoms with Crippen molar-refractivity contribution in [3.05, 3.63) is 70.7 Å². The summed E-state index contributed by atoms with van der Waals surface area (Å²) in [5, 5.41) is 3.58. The van der Waals surface area contributed by atoms with E-state index >= 15 is 0 Å². The molecule has 5 heteroatoms. The lowest BCUT2D eigenvalue weighted by Gasteiger charge is -2.26. The van der Waals surface area contributed by atoms with Gasteiger partial charge in [-0.25, -0.2) is 0 Å². The summed E-state index contributed by atoms with van der Waals surface area (Å²) in [5.41, 5.74) is 1.14. The zero-order valence-electron chi connectivity index (χ0n) is 14.9. The van der Waals surface area contributed by atoms with Crippen molar-refractivity contribution in [3.8, 4) is 0 Å². The van der Waals surface area contributed by atoms with E-state index in [1.165, 1.54) is 0 Å². The van der Waals surface area contributed by atoms with E-state index < -0.39 is 5.41 Å². The van der Waals surface area contributed by atoms with Crippen molar-refractivity contribution < 1.29 is 9.59 Å². The van der Waals surface area contributed by atoms with Gasteiger partial charge in [-0.3, -0.25) is 9.59 Å². The van der Waals surface area contributed by atoms with Gasteiger partial charge in [0.2, 0.25) is 11.8 Å². The minimum absolute atomic E-state index is 0.0718. The van der Waals surface area contributed by atoms with E-state index in [1.807, 2.05) is 49.4 Å². The number of benzene rings is 2. The van der Waals surface area contributed by atoms with E-state index in [1.54, 1.807) is 17.0 Å². The van der Waals surface area contributed by atoms with E-state index in [9.17, 15) is 9.59 Å². The third kappa shape index (κ3) is 4.07. The Morgan fingerprint density at radius 2 is 1.69 bits per heavy atom. The van der Waals surface area contributed by atoms with Crippen molar-refractivity contribution in [2.24, 2.45) is 5.41 Å². The first-order valence-electron chi connectivity index (χ1n) is 8.91. The Hall–Kier alpha value is -2.33. The van der Waals surface area contributed by atoms with Gasteiger partial charge >= 0.3 is 0 Å². The molecule has 0 heterocycles. The zero-order chi connectivity index (χ0) is 18.6. The highest BCUT2D eigenvalue weighted by atomic mass is 35.5. The number of halogens is 1. The van der Waals surface area contributed by atoms with Crippen LogP contribution in [-0.4, -0.2) is 23.3 Å². The lowest BCUT2D eigenvalue weighted by molar-refractivity contribution is -0.144. The van der Waals surface area contributed by atoms with Crippen molar-refractivity contribution >= 4 is 23.4 Å². The van der Waals surface area contributed by atoms with Gasteiger partial charge < -0.3 is 10.2 Å². The van der Waals surface area contributed by atoms with Crippen LogP contribution in [0.25, 0.3) is 0 Å². The maximum Gasteiger partial charge on any atom is 0.238 e. The molecule has 0 unspecified atom stereocenters. The maximum absolute atomic E-state index is 13.0. The van der Waals surface area contributed by atoms with Gasteiger partial charge in [0.25, 0.3) is 0 Å². The fraction of sp³-hybridized carbons (Fsp3) is 0.333. The second kappa shape index (κ2) is 7.92. The smallest absolute Gasteiger partial charge is 0.238 e.